The average molecular weight is 328 g/mol. The molecule has 1 unspecified atom stereocenters. The second-order valence-electron chi connectivity index (χ2n) is 5.97. The molecule has 0 heterocycles. The zero-order chi connectivity index (χ0) is 17.5. The fourth-order valence-electron chi connectivity index (χ4n) is 2.30. The Kier molecular flexibility index (Phi) is 6.38. The number of carbonyl (C=O) groups is 1. The Hall–Kier alpha value is -2.33. The van der Waals surface area contributed by atoms with Gasteiger partial charge in [-0.15, -0.1) is 0 Å². The van der Waals surface area contributed by atoms with Crippen molar-refractivity contribution in [2.24, 2.45) is 5.92 Å². The van der Waals surface area contributed by atoms with E-state index < -0.39 is 6.10 Å². The van der Waals surface area contributed by atoms with Crippen LogP contribution in [0.5, 0.6) is 11.5 Å². The number of hydrogen-bond acceptors (Lipinski definition) is 4. The molecule has 0 amide bonds. The van der Waals surface area contributed by atoms with Crippen molar-refractivity contribution in [2.45, 2.75) is 20.0 Å². The van der Waals surface area contributed by atoms with Crippen molar-refractivity contribution in [1.29, 1.82) is 0 Å². The lowest BCUT2D eigenvalue weighted by Gasteiger charge is -2.19. The maximum absolute atomic E-state index is 12.9. The third-order valence-corrected chi connectivity index (χ3v) is 3.63. The van der Waals surface area contributed by atoms with Crippen LogP contribution in [0.25, 0.3) is 0 Å². The quantitative estimate of drug-likeness (QED) is 0.678. The van der Waals surface area contributed by atoms with Crippen LogP contribution >= 0.6 is 0 Å². The Morgan fingerprint density at radius 2 is 1.38 bits per heavy atom. The molecule has 2 aromatic carbocycles. The van der Waals surface area contributed by atoms with Crippen molar-refractivity contribution >= 4 is 5.78 Å². The van der Waals surface area contributed by atoms with Crippen LogP contribution in [0.4, 0.5) is 0 Å². The van der Waals surface area contributed by atoms with Crippen LogP contribution in [0, 0.1) is 5.92 Å². The number of Topliss-reactive ketones (excluding diaryl/α,β-unsaturated/α-hetero) is 1. The van der Waals surface area contributed by atoms with Crippen molar-refractivity contribution in [1.82, 2.24) is 0 Å². The smallest absolute Gasteiger partial charge is 0.196 e. The minimum Gasteiger partial charge on any atom is -0.497 e. The molecule has 0 saturated heterocycles. The fourth-order valence-corrected chi connectivity index (χ4v) is 2.30. The minimum atomic E-state index is -0.633. The molecule has 2 rings (SSSR count). The molecule has 0 saturated carbocycles. The highest BCUT2D eigenvalue weighted by Gasteiger charge is 2.23. The molecule has 0 fully saturated rings. The van der Waals surface area contributed by atoms with Gasteiger partial charge in [0.2, 0.25) is 0 Å². The van der Waals surface area contributed by atoms with Gasteiger partial charge in [0, 0.05) is 5.56 Å². The van der Waals surface area contributed by atoms with Gasteiger partial charge in [-0.25, -0.2) is 0 Å². The first-order chi connectivity index (χ1) is 11.5. The first kappa shape index (κ1) is 18.0. The van der Waals surface area contributed by atoms with Crippen LogP contribution in [-0.2, 0) is 4.74 Å². The molecule has 1 atom stereocenters. The second kappa shape index (κ2) is 8.50. The molecule has 24 heavy (non-hydrogen) atoms. The Labute approximate surface area is 143 Å². The lowest BCUT2D eigenvalue weighted by Crippen LogP contribution is -2.18. The summed E-state index contributed by atoms with van der Waals surface area (Å²) in [6, 6.07) is 14.5. The first-order valence-corrected chi connectivity index (χ1v) is 7.99. The average Bonchev–Trinajstić information content (AvgIpc) is 2.62. The number of ether oxygens (including phenoxy) is 3. The number of ketones is 1. The summed E-state index contributed by atoms with van der Waals surface area (Å²) >= 11 is 0. The molecule has 0 aliphatic heterocycles. The molecular formula is C20H24O4. The van der Waals surface area contributed by atoms with E-state index in [1.165, 1.54) is 0 Å². The fraction of sp³-hybridized carbons (Fsp3) is 0.350. The normalized spacial score (nSPS) is 12.0. The van der Waals surface area contributed by atoms with Crippen LogP contribution in [-0.4, -0.2) is 26.6 Å². The standard InChI is InChI=1S/C20H24O4/c1-14(2)13-24-20(16-7-11-18(23-4)12-8-16)19(21)15-5-9-17(22-3)10-6-15/h5-12,14,20H,13H2,1-4H3. The maximum atomic E-state index is 12.9. The van der Waals surface area contributed by atoms with E-state index >= 15 is 0 Å². The summed E-state index contributed by atoms with van der Waals surface area (Å²) in [5, 5.41) is 0. The summed E-state index contributed by atoms with van der Waals surface area (Å²) < 4.78 is 16.2. The lowest BCUT2D eigenvalue weighted by molar-refractivity contribution is 0.0307. The molecule has 0 radical (unpaired) electrons. The molecular weight excluding hydrogens is 304 g/mol. The predicted octanol–water partition coefficient (Wildman–Crippen LogP) is 4.30. The molecule has 0 aliphatic rings. The lowest BCUT2D eigenvalue weighted by atomic mass is 9.99. The predicted molar refractivity (Wildman–Crippen MR) is 93.8 cm³/mol. The summed E-state index contributed by atoms with van der Waals surface area (Å²) in [5.41, 5.74) is 1.41. The first-order valence-electron chi connectivity index (χ1n) is 7.99. The Balaban J connectivity index is 2.27. The van der Waals surface area contributed by atoms with Crippen molar-refractivity contribution in [3.8, 4) is 11.5 Å². The van der Waals surface area contributed by atoms with E-state index in [1.54, 1.807) is 38.5 Å². The van der Waals surface area contributed by atoms with Gasteiger partial charge >= 0.3 is 0 Å². The molecule has 0 N–H and O–H groups in total. The summed E-state index contributed by atoms with van der Waals surface area (Å²) in [7, 11) is 3.22. The molecule has 0 spiro atoms. The Morgan fingerprint density at radius 1 is 0.875 bits per heavy atom. The zero-order valence-corrected chi connectivity index (χ0v) is 14.6. The third kappa shape index (κ3) is 4.59. The van der Waals surface area contributed by atoms with Gasteiger partial charge in [0.15, 0.2) is 5.78 Å². The minimum absolute atomic E-state index is 0.0662. The van der Waals surface area contributed by atoms with Crippen molar-refractivity contribution in [3.05, 3.63) is 59.7 Å². The summed E-state index contributed by atoms with van der Waals surface area (Å²) in [4.78, 5) is 12.9. The van der Waals surface area contributed by atoms with Gasteiger partial charge in [-0.3, -0.25) is 4.79 Å². The SMILES string of the molecule is COc1ccc(C(=O)C(OCC(C)C)c2ccc(OC)cc2)cc1. The monoisotopic (exact) mass is 328 g/mol. The van der Waals surface area contributed by atoms with Gasteiger partial charge < -0.3 is 14.2 Å². The van der Waals surface area contributed by atoms with Crippen LogP contribution < -0.4 is 9.47 Å². The van der Waals surface area contributed by atoms with Crippen LogP contribution in [0.2, 0.25) is 0 Å². The Bertz CT molecular complexity index is 644. The van der Waals surface area contributed by atoms with E-state index in [0.29, 0.717) is 18.1 Å². The van der Waals surface area contributed by atoms with E-state index in [9.17, 15) is 4.79 Å². The molecule has 0 aliphatic carbocycles. The highest BCUT2D eigenvalue weighted by Crippen LogP contribution is 2.26. The van der Waals surface area contributed by atoms with Crippen molar-refractivity contribution < 1.29 is 19.0 Å². The largest absolute Gasteiger partial charge is 0.497 e. The number of carbonyl (C=O) groups excluding carboxylic acids is 1. The molecule has 0 aromatic heterocycles. The number of rotatable bonds is 8. The van der Waals surface area contributed by atoms with E-state index in [2.05, 4.69) is 13.8 Å². The Morgan fingerprint density at radius 3 is 1.83 bits per heavy atom. The summed E-state index contributed by atoms with van der Waals surface area (Å²) in [5.74, 6) is 1.74. The summed E-state index contributed by atoms with van der Waals surface area (Å²) in [6.07, 6.45) is -0.633. The third-order valence-electron chi connectivity index (χ3n) is 3.63. The van der Waals surface area contributed by atoms with E-state index in [-0.39, 0.29) is 5.78 Å². The van der Waals surface area contributed by atoms with Gasteiger partial charge in [-0.05, 0) is 47.9 Å². The number of benzene rings is 2. The molecule has 0 bridgehead atoms. The van der Waals surface area contributed by atoms with Gasteiger partial charge in [0.1, 0.15) is 17.6 Å². The summed E-state index contributed by atoms with van der Waals surface area (Å²) in [6.45, 7) is 4.63. The van der Waals surface area contributed by atoms with E-state index in [4.69, 9.17) is 14.2 Å². The van der Waals surface area contributed by atoms with Gasteiger partial charge in [0.05, 0.1) is 20.8 Å². The van der Waals surface area contributed by atoms with Crippen molar-refractivity contribution in [3.63, 3.8) is 0 Å². The van der Waals surface area contributed by atoms with Gasteiger partial charge in [-0.1, -0.05) is 26.0 Å². The van der Waals surface area contributed by atoms with Gasteiger partial charge in [-0.2, -0.15) is 0 Å². The highest BCUT2D eigenvalue weighted by atomic mass is 16.5. The maximum Gasteiger partial charge on any atom is 0.196 e. The molecule has 2 aromatic rings. The molecule has 4 heteroatoms. The van der Waals surface area contributed by atoms with Crippen LogP contribution in [0.3, 0.4) is 0 Å². The van der Waals surface area contributed by atoms with Crippen LogP contribution in [0.1, 0.15) is 35.9 Å². The topological polar surface area (TPSA) is 44.8 Å². The van der Waals surface area contributed by atoms with Crippen molar-refractivity contribution in [2.75, 3.05) is 20.8 Å². The molecule has 4 nitrogen and oxygen atoms in total. The zero-order valence-electron chi connectivity index (χ0n) is 14.6. The van der Waals surface area contributed by atoms with Gasteiger partial charge in [0.25, 0.3) is 0 Å². The van der Waals surface area contributed by atoms with E-state index in [0.717, 1.165) is 17.1 Å². The van der Waals surface area contributed by atoms with E-state index in [1.807, 2.05) is 24.3 Å². The van der Waals surface area contributed by atoms with Crippen LogP contribution in [0.15, 0.2) is 48.5 Å². The molecule has 128 valence electrons. The number of hydrogen-bond donors (Lipinski definition) is 0. The second-order valence-corrected chi connectivity index (χ2v) is 5.97. The highest BCUT2D eigenvalue weighted by molar-refractivity contribution is 6.00. The number of methoxy groups -OCH3 is 2.